The highest BCUT2D eigenvalue weighted by atomic mass is 35.5. The van der Waals surface area contributed by atoms with Gasteiger partial charge in [0.2, 0.25) is 0 Å². The Bertz CT molecular complexity index is 1200. The van der Waals surface area contributed by atoms with Crippen molar-refractivity contribution in [3.8, 4) is 17.2 Å². The van der Waals surface area contributed by atoms with Crippen LogP contribution in [0.15, 0.2) is 24.3 Å². The molecular weight excluding hydrogens is 678 g/mol. The number of hydrogen-bond donors (Lipinski definition) is 0. The van der Waals surface area contributed by atoms with Gasteiger partial charge in [-0.25, -0.2) is 0 Å². The van der Waals surface area contributed by atoms with Crippen LogP contribution < -0.4 is 13.6 Å². The average molecular weight is 685 g/mol. The van der Waals surface area contributed by atoms with Gasteiger partial charge in [0, 0.05) is 0 Å². The molecule has 0 aromatic heterocycles. The maximum Gasteiger partial charge on any atom is 0.647 e. The summed E-state index contributed by atoms with van der Waals surface area (Å²) in [6.07, 6.45) is 0. The van der Waals surface area contributed by atoms with Crippen LogP contribution in [-0.2, 0) is 4.57 Å². The van der Waals surface area contributed by atoms with Crippen molar-refractivity contribution in [1.82, 2.24) is 0 Å². The summed E-state index contributed by atoms with van der Waals surface area (Å²) in [7, 11) is -4.78. The van der Waals surface area contributed by atoms with Crippen molar-refractivity contribution in [1.29, 1.82) is 0 Å². The summed E-state index contributed by atoms with van der Waals surface area (Å²) in [6.45, 7) is 1.84. The van der Waals surface area contributed by atoms with Gasteiger partial charge in [-0.3, -0.25) is 0 Å². The molecule has 0 bridgehead atoms. The van der Waals surface area contributed by atoms with E-state index in [1.165, 1.54) is 12.1 Å². The maximum absolute atomic E-state index is 13.9. The summed E-state index contributed by atoms with van der Waals surface area (Å²) in [5.74, 6) is -0.820. The summed E-state index contributed by atoms with van der Waals surface area (Å²) in [5, 5.41) is -2.45. The van der Waals surface area contributed by atoms with Crippen molar-refractivity contribution in [3.05, 3.63) is 80.1 Å². The van der Waals surface area contributed by atoms with Gasteiger partial charge in [0.05, 0.1) is 30.1 Å². The lowest BCUT2D eigenvalue weighted by atomic mass is 10.2. The summed E-state index contributed by atoms with van der Waals surface area (Å²) >= 11 is 61.2. The third kappa shape index (κ3) is 5.85. The fourth-order valence-electron chi connectivity index (χ4n) is 2.34. The van der Waals surface area contributed by atoms with Gasteiger partial charge < -0.3 is 13.6 Å². The van der Waals surface area contributed by atoms with Crippen LogP contribution in [0.3, 0.4) is 0 Å². The van der Waals surface area contributed by atoms with Gasteiger partial charge in [-0.1, -0.05) is 134 Å². The smallest absolute Gasteiger partial charge is 0.386 e. The van der Waals surface area contributed by atoms with E-state index in [4.69, 9.17) is 130 Å². The second kappa shape index (κ2) is 11.3. The van der Waals surface area contributed by atoms with Gasteiger partial charge in [0.25, 0.3) is 0 Å². The number of halogens is 10. The summed E-state index contributed by atoms with van der Waals surface area (Å²) in [6, 6.07) is 6.38. The zero-order valence-electron chi connectivity index (χ0n) is 16.2. The molecule has 34 heavy (non-hydrogen) atoms. The maximum atomic E-state index is 13.9. The number of phosphoric ester groups is 1. The molecule has 0 radical (unpaired) electrons. The molecule has 3 aromatic carbocycles. The number of phosphoric acid groups is 1. The average Bonchev–Trinajstić information content (AvgIpc) is 2.81. The van der Waals surface area contributed by atoms with Gasteiger partial charge in [-0.05, 0) is 19.1 Å². The van der Waals surface area contributed by atoms with Crippen LogP contribution >= 0.6 is 124 Å². The van der Waals surface area contributed by atoms with Crippen molar-refractivity contribution in [3.63, 3.8) is 0 Å². The van der Waals surface area contributed by atoms with E-state index in [1.54, 1.807) is 12.1 Å². The van der Waals surface area contributed by atoms with Crippen molar-refractivity contribution in [2.75, 3.05) is 0 Å². The highest BCUT2D eigenvalue weighted by Crippen LogP contribution is 2.59. The minimum Gasteiger partial charge on any atom is -0.386 e. The van der Waals surface area contributed by atoms with E-state index in [9.17, 15) is 4.57 Å². The van der Waals surface area contributed by atoms with E-state index >= 15 is 0 Å². The lowest BCUT2D eigenvalue weighted by molar-refractivity contribution is 0.298. The van der Waals surface area contributed by atoms with Crippen LogP contribution in [0.2, 0.25) is 50.2 Å². The van der Waals surface area contributed by atoms with Crippen molar-refractivity contribution in [2.45, 2.75) is 6.92 Å². The summed E-state index contributed by atoms with van der Waals surface area (Å²) in [4.78, 5) is 0. The minimum atomic E-state index is -4.78. The number of hydrogen-bond acceptors (Lipinski definition) is 4. The van der Waals surface area contributed by atoms with E-state index in [0.717, 1.165) is 5.56 Å². The molecule has 0 saturated heterocycles. The van der Waals surface area contributed by atoms with E-state index in [1.807, 2.05) is 6.92 Å². The molecule has 0 amide bonds. The van der Waals surface area contributed by atoms with Crippen molar-refractivity contribution >= 4 is 124 Å². The predicted octanol–water partition coefficient (Wildman–Crippen LogP) is 12.2. The molecule has 0 aliphatic heterocycles. The molecule has 182 valence electrons. The normalized spacial score (nSPS) is 11.5. The molecule has 3 rings (SSSR count). The zero-order valence-corrected chi connectivity index (χ0v) is 24.6. The number of aryl methyl sites for hydroxylation is 1. The SMILES string of the molecule is Cc1ccc(OP(=O)(Oc2c(Cl)c(Cl)c(Cl)c(Cl)c2Cl)Oc2c(Cl)c(Cl)c(Cl)c(Cl)c2Cl)cc1. The Morgan fingerprint density at radius 3 is 1.12 bits per heavy atom. The monoisotopic (exact) mass is 680 g/mol. The number of benzene rings is 3. The molecule has 0 aliphatic carbocycles. The van der Waals surface area contributed by atoms with Crippen molar-refractivity contribution in [2.24, 2.45) is 0 Å². The van der Waals surface area contributed by atoms with Gasteiger partial charge in [-0.15, -0.1) is 0 Å². The molecule has 0 unspecified atom stereocenters. The first-order valence-corrected chi connectivity index (χ1v) is 13.8. The van der Waals surface area contributed by atoms with Gasteiger partial charge in [-0.2, -0.15) is 4.57 Å². The Balaban J connectivity index is 2.18. The van der Waals surface area contributed by atoms with Gasteiger partial charge >= 0.3 is 7.82 Å². The highest BCUT2D eigenvalue weighted by Gasteiger charge is 2.39. The second-order valence-corrected chi connectivity index (χ2v) is 11.6. The first-order chi connectivity index (χ1) is 15.8. The third-order valence-corrected chi connectivity index (χ3v) is 9.71. The van der Waals surface area contributed by atoms with Crippen LogP contribution in [0.1, 0.15) is 5.56 Å². The topological polar surface area (TPSA) is 44.8 Å². The van der Waals surface area contributed by atoms with Crippen LogP contribution in [-0.4, -0.2) is 0 Å². The lowest BCUT2D eigenvalue weighted by Crippen LogP contribution is -2.09. The fourth-order valence-corrected chi connectivity index (χ4v) is 6.25. The standard InChI is InChI=1S/C19H7Cl10O4P/c1-6-2-4-7(5-3-6)31-34(30,32-18-14(26)10(22)8(20)11(23)15(18)27)33-19-16(28)12(24)9(21)13(25)17(19)29/h2-5H,1H3. The first kappa shape index (κ1) is 28.8. The Morgan fingerprint density at radius 2 is 0.794 bits per heavy atom. The minimum absolute atomic E-state index is 0.0748. The Morgan fingerprint density at radius 1 is 0.500 bits per heavy atom. The van der Waals surface area contributed by atoms with Crippen LogP contribution in [0, 0.1) is 6.92 Å². The lowest BCUT2D eigenvalue weighted by Gasteiger charge is -2.23. The molecule has 0 N–H and O–H groups in total. The zero-order chi connectivity index (χ0) is 25.5. The Kier molecular flexibility index (Phi) is 9.55. The van der Waals surface area contributed by atoms with E-state index in [2.05, 4.69) is 0 Å². The summed E-state index contributed by atoms with van der Waals surface area (Å²) in [5.41, 5.74) is 0.897. The van der Waals surface area contributed by atoms with Crippen LogP contribution in [0.4, 0.5) is 0 Å². The second-order valence-electron chi connectivity index (χ2n) is 6.33. The van der Waals surface area contributed by atoms with E-state index in [-0.39, 0.29) is 56.0 Å². The Hall–Kier alpha value is 0.190. The predicted molar refractivity (Wildman–Crippen MR) is 144 cm³/mol. The van der Waals surface area contributed by atoms with Crippen LogP contribution in [0.25, 0.3) is 0 Å². The fraction of sp³-hybridized carbons (Fsp3) is 0.0526. The van der Waals surface area contributed by atoms with Crippen LogP contribution in [0.5, 0.6) is 17.2 Å². The van der Waals surface area contributed by atoms with Gasteiger partial charge in [0.1, 0.15) is 25.8 Å². The molecule has 0 heterocycles. The molecule has 0 spiro atoms. The van der Waals surface area contributed by atoms with Gasteiger partial charge in [0.15, 0.2) is 11.5 Å². The van der Waals surface area contributed by atoms with Crippen molar-refractivity contribution < 1.29 is 18.1 Å². The molecule has 0 aliphatic rings. The molecular formula is C19H7Cl10O4P. The number of rotatable bonds is 6. The highest BCUT2D eigenvalue weighted by molar-refractivity contribution is 7.49. The quantitative estimate of drug-likeness (QED) is 0.147. The van der Waals surface area contributed by atoms with E-state index < -0.39 is 19.3 Å². The molecule has 0 atom stereocenters. The molecule has 15 heteroatoms. The molecule has 0 fully saturated rings. The third-order valence-electron chi connectivity index (χ3n) is 3.98. The largest absolute Gasteiger partial charge is 0.647 e. The molecule has 3 aromatic rings. The molecule has 4 nitrogen and oxygen atoms in total. The Labute approximate surface area is 244 Å². The van der Waals surface area contributed by atoms with E-state index in [0.29, 0.717) is 0 Å². The first-order valence-electron chi connectivity index (χ1n) is 8.55. The summed E-state index contributed by atoms with van der Waals surface area (Å²) < 4.78 is 30.5. The molecule has 0 saturated carbocycles.